The molecular weight excluding hydrogens is 760 g/mol. The molecule has 0 aromatic carbocycles. The monoisotopic (exact) mass is 822 g/mol. The van der Waals surface area contributed by atoms with Crippen molar-refractivity contribution in [3.8, 4) is 0 Å². The van der Waals surface area contributed by atoms with E-state index in [-0.39, 0.29) is 34.4 Å². The summed E-state index contributed by atoms with van der Waals surface area (Å²) in [6.45, 7) is 14.8. The Morgan fingerprint density at radius 1 is 0.690 bits per heavy atom. The van der Waals surface area contributed by atoms with Gasteiger partial charge in [0.25, 0.3) is 0 Å². The number of ketones is 1. The summed E-state index contributed by atoms with van der Waals surface area (Å²) in [7, 11) is 0. The van der Waals surface area contributed by atoms with E-state index in [9.17, 15) is 60.0 Å². The van der Waals surface area contributed by atoms with Gasteiger partial charge in [0.2, 0.25) is 0 Å². The van der Waals surface area contributed by atoms with Gasteiger partial charge in [0.05, 0.1) is 11.5 Å². The summed E-state index contributed by atoms with van der Waals surface area (Å²) in [6.07, 6.45) is -12.2. The quantitative estimate of drug-likeness (QED) is 0.171. The Bertz CT molecular complexity index is 1730. The van der Waals surface area contributed by atoms with Crippen LogP contribution in [0.5, 0.6) is 0 Å². The number of aliphatic hydroxyl groups is 5. The molecule has 2 saturated heterocycles. The zero-order valence-electron chi connectivity index (χ0n) is 34.4. The van der Waals surface area contributed by atoms with Crippen molar-refractivity contribution in [3.05, 3.63) is 11.6 Å². The van der Waals surface area contributed by atoms with Gasteiger partial charge in [0.1, 0.15) is 36.6 Å². The van der Waals surface area contributed by atoms with Gasteiger partial charge in [-0.1, -0.05) is 47.1 Å². The van der Waals surface area contributed by atoms with Crippen LogP contribution >= 0.6 is 0 Å². The van der Waals surface area contributed by atoms with Crippen LogP contribution in [0.15, 0.2) is 11.6 Å². The van der Waals surface area contributed by atoms with Crippen molar-refractivity contribution in [2.45, 2.75) is 174 Å². The number of carbonyl (C=O) groups is 4. The SMILES string of the molecule is CC1(C(=O)O)CCC2(C)CC[C@]3(C)C(=CC(=O)[C@@H]4C5(C)CCC(OC6OC(C(=O)O)C(O)C(O)C6OC6OC(C(=O)O)C(O)C(O)C6O)C(C)(C)C5CCC43C)C2C1. The molecular formula is C42H62O16. The van der Waals surface area contributed by atoms with Crippen LogP contribution in [0.3, 0.4) is 0 Å². The molecule has 5 aliphatic carbocycles. The summed E-state index contributed by atoms with van der Waals surface area (Å²) in [6, 6.07) is 0. The van der Waals surface area contributed by atoms with E-state index in [4.69, 9.17) is 18.9 Å². The Labute approximate surface area is 337 Å². The van der Waals surface area contributed by atoms with Crippen LogP contribution in [-0.4, -0.2) is 132 Å². The maximum absolute atomic E-state index is 14.8. The van der Waals surface area contributed by atoms with Crippen molar-refractivity contribution in [2.75, 3.05) is 0 Å². The first-order valence-electron chi connectivity index (χ1n) is 20.7. The van der Waals surface area contributed by atoms with Gasteiger partial charge in [-0.05, 0) is 110 Å². The largest absolute Gasteiger partial charge is 0.481 e. The number of allylic oxidation sites excluding steroid dienone is 2. The van der Waals surface area contributed by atoms with Gasteiger partial charge >= 0.3 is 17.9 Å². The first-order valence-corrected chi connectivity index (χ1v) is 20.7. The Hall–Kier alpha value is -2.54. The summed E-state index contributed by atoms with van der Waals surface area (Å²) < 4.78 is 23.4. The van der Waals surface area contributed by atoms with Crippen molar-refractivity contribution in [1.29, 1.82) is 0 Å². The van der Waals surface area contributed by atoms with Crippen molar-refractivity contribution in [1.82, 2.24) is 0 Å². The van der Waals surface area contributed by atoms with Crippen LogP contribution in [0.25, 0.3) is 0 Å². The van der Waals surface area contributed by atoms with Crippen LogP contribution in [-0.2, 0) is 38.1 Å². The smallest absolute Gasteiger partial charge is 0.335 e. The number of carboxylic acids is 3. The molecule has 58 heavy (non-hydrogen) atoms. The standard InChI is InChI=1S/C42H62O16/c1-37(2)21-8-11-42(7)31(20(43)16-18-19-17-39(4,36(53)54)13-12-38(19,3)14-15-41(18,42)6)40(21,5)10-9-22(37)55-35-30(26(47)25(46)29(57-35)33(51)52)58-34-27(48)23(44)24(45)28(56-34)32(49)50/h16,19,21-31,34-35,44-48H,8-15,17H2,1-7H3,(H,49,50)(H,51,52)(H,53,54)/t19?,21?,22?,23?,24?,25?,26?,27?,28?,29?,30?,31-,34?,35?,38?,39?,40?,41-,42?/m1/s1. The molecule has 19 atom stereocenters. The minimum absolute atomic E-state index is 0.0217. The lowest BCUT2D eigenvalue weighted by atomic mass is 9.33. The summed E-state index contributed by atoms with van der Waals surface area (Å²) in [5.41, 5.74) is -1.81. The van der Waals surface area contributed by atoms with Crippen molar-refractivity contribution < 1.29 is 79.0 Å². The molecule has 2 heterocycles. The number of hydrogen-bond acceptors (Lipinski definition) is 13. The van der Waals surface area contributed by atoms with E-state index in [1.54, 1.807) is 0 Å². The lowest BCUT2D eigenvalue weighted by molar-refractivity contribution is -0.371. The van der Waals surface area contributed by atoms with E-state index in [2.05, 4.69) is 27.7 Å². The molecule has 4 saturated carbocycles. The average Bonchev–Trinajstić information content (AvgIpc) is 3.13. The molecule has 0 amide bonds. The van der Waals surface area contributed by atoms with Gasteiger partial charge in [-0.15, -0.1) is 0 Å². The van der Waals surface area contributed by atoms with E-state index < -0.39 is 107 Å². The summed E-state index contributed by atoms with van der Waals surface area (Å²) in [5.74, 6) is -4.47. The zero-order valence-corrected chi connectivity index (χ0v) is 34.4. The molecule has 8 N–H and O–H groups in total. The molecule has 0 aromatic rings. The van der Waals surface area contributed by atoms with E-state index in [1.165, 1.54) is 0 Å². The second-order valence-electron chi connectivity index (χ2n) is 20.6. The van der Waals surface area contributed by atoms with Gasteiger partial charge < -0.3 is 59.8 Å². The Morgan fingerprint density at radius 2 is 1.28 bits per heavy atom. The number of hydrogen-bond donors (Lipinski definition) is 8. The maximum Gasteiger partial charge on any atom is 0.335 e. The van der Waals surface area contributed by atoms with E-state index in [0.717, 1.165) is 37.7 Å². The van der Waals surface area contributed by atoms with E-state index in [1.807, 2.05) is 26.8 Å². The number of aliphatic hydroxyl groups excluding tert-OH is 5. The third-order valence-corrected chi connectivity index (χ3v) is 17.2. The normalized spacial score (nSPS) is 52.6. The first-order chi connectivity index (χ1) is 26.8. The predicted molar refractivity (Wildman–Crippen MR) is 199 cm³/mol. The van der Waals surface area contributed by atoms with Crippen LogP contribution in [0.4, 0.5) is 0 Å². The average molecular weight is 823 g/mol. The molecule has 0 bridgehead atoms. The number of ether oxygens (including phenoxy) is 4. The van der Waals surface area contributed by atoms with Gasteiger partial charge in [0, 0.05) is 5.92 Å². The van der Waals surface area contributed by atoms with Crippen LogP contribution in [0.1, 0.15) is 106 Å². The Kier molecular flexibility index (Phi) is 10.7. The Balaban J connectivity index is 1.17. The highest BCUT2D eigenvalue weighted by Gasteiger charge is 2.71. The molecule has 16 nitrogen and oxygen atoms in total. The van der Waals surface area contributed by atoms with E-state index in [0.29, 0.717) is 25.7 Å². The maximum atomic E-state index is 14.8. The minimum atomic E-state index is -2.05. The highest BCUT2D eigenvalue weighted by atomic mass is 16.8. The fourth-order valence-electron chi connectivity index (χ4n) is 13.4. The minimum Gasteiger partial charge on any atom is -0.481 e. The molecule has 2 aliphatic heterocycles. The highest BCUT2D eigenvalue weighted by molar-refractivity contribution is 5.95. The highest BCUT2D eigenvalue weighted by Crippen LogP contribution is 2.75. The third-order valence-electron chi connectivity index (χ3n) is 17.2. The van der Waals surface area contributed by atoms with Gasteiger partial charge in [0.15, 0.2) is 30.6 Å². The number of aliphatic carboxylic acids is 3. The number of carboxylic acid groups (broad SMARTS) is 3. The summed E-state index contributed by atoms with van der Waals surface area (Å²) >= 11 is 0. The molecule has 0 spiro atoms. The molecule has 17 unspecified atom stereocenters. The zero-order chi connectivity index (χ0) is 42.9. The van der Waals surface area contributed by atoms with Crippen LogP contribution in [0, 0.1) is 50.2 Å². The topological polar surface area (TPSA) is 267 Å². The van der Waals surface area contributed by atoms with Crippen LogP contribution < -0.4 is 0 Å². The first kappa shape index (κ1) is 43.5. The van der Waals surface area contributed by atoms with Gasteiger partial charge in [-0.2, -0.15) is 0 Å². The molecule has 0 radical (unpaired) electrons. The molecule has 7 rings (SSSR count). The lowest BCUT2D eigenvalue weighted by Crippen LogP contribution is -2.68. The van der Waals surface area contributed by atoms with Crippen molar-refractivity contribution >= 4 is 23.7 Å². The predicted octanol–water partition coefficient (Wildman–Crippen LogP) is 2.25. The van der Waals surface area contributed by atoms with Gasteiger partial charge in [-0.25, -0.2) is 9.59 Å². The molecule has 7 aliphatic rings. The fourth-order valence-corrected chi connectivity index (χ4v) is 13.4. The number of fused-ring (bicyclic) bond motifs is 7. The molecule has 6 fully saturated rings. The molecule has 0 aromatic heterocycles. The second-order valence-corrected chi connectivity index (χ2v) is 20.6. The van der Waals surface area contributed by atoms with Crippen molar-refractivity contribution in [2.24, 2.45) is 50.2 Å². The van der Waals surface area contributed by atoms with E-state index >= 15 is 0 Å². The second kappa shape index (κ2) is 14.3. The van der Waals surface area contributed by atoms with Crippen molar-refractivity contribution in [3.63, 3.8) is 0 Å². The third kappa shape index (κ3) is 6.25. The molecule has 16 heteroatoms. The lowest BCUT2D eigenvalue weighted by Gasteiger charge is -2.70. The fraction of sp³-hybridized carbons (Fsp3) is 0.857. The molecule has 326 valence electrons. The Morgan fingerprint density at radius 3 is 1.88 bits per heavy atom. The number of carbonyl (C=O) groups excluding carboxylic acids is 1. The van der Waals surface area contributed by atoms with Crippen LogP contribution in [0.2, 0.25) is 0 Å². The van der Waals surface area contributed by atoms with Gasteiger partial charge in [-0.3, -0.25) is 9.59 Å². The number of rotatable bonds is 7. The summed E-state index contributed by atoms with van der Waals surface area (Å²) in [5, 5.41) is 83.0. The summed E-state index contributed by atoms with van der Waals surface area (Å²) in [4.78, 5) is 51.3.